The Morgan fingerprint density at radius 2 is 1.75 bits per heavy atom. The van der Waals surface area contributed by atoms with Crippen LogP contribution in [0.2, 0.25) is 0 Å². The van der Waals surface area contributed by atoms with Crippen LogP contribution in [0.15, 0.2) is 35.1 Å². The molecule has 16 heavy (non-hydrogen) atoms. The molecule has 4 heteroatoms. The molecule has 0 aliphatic heterocycles. The molecule has 0 fully saturated rings. The first-order valence-electron chi connectivity index (χ1n) is 4.73. The van der Waals surface area contributed by atoms with Gasteiger partial charge >= 0.3 is 0 Å². The van der Waals surface area contributed by atoms with Crippen LogP contribution in [0.1, 0.15) is 5.69 Å². The number of aromatic nitrogens is 1. The number of nitrogens with one attached hydrogen (secondary N) is 1. The molecule has 82 valence electrons. The zero-order valence-corrected chi connectivity index (χ0v) is 8.55. The van der Waals surface area contributed by atoms with Crippen LogP contribution in [0.4, 0.5) is 8.78 Å². The Hall–Kier alpha value is -1.97. The van der Waals surface area contributed by atoms with Crippen molar-refractivity contribution in [3.05, 3.63) is 58.0 Å². The lowest BCUT2D eigenvalue weighted by Gasteiger charge is -2.04. The Balaban J connectivity index is 2.64. The monoisotopic (exact) mass is 221 g/mol. The number of aromatic amines is 1. The van der Waals surface area contributed by atoms with Gasteiger partial charge in [0.25, 0.3) is 5.56 Å². The molecule has 0 saturated heterocycles. The van der Waals surface area contributed by atoms with Crippen molar-refractivity contribution in [1.82, 2.24) is 4.98 Å². The third-order valence-electron chi connectivity index (χ3n) is 2.26. The molecule has 0 saturated carbocycles. The van der Waals surface area contributed by atoms with E-state index in [1.54, 1.807) is 6.92 Å². The molecule has 1 aromatic heterocycles. The Morgan fingerprint density at radius 1 is 1.12 bits per heavy atom. The third kappa shape index (κ3) is 1.86. The molecule has 0 aliphatic carbocycles. The summed E-state index contributed by atoms with van der Waals surface area (Å²) in [7, 11) is 0. The van der Waals surface area contributed by atoms with Crippen molar-refractivity contribution in [3.8, 4) is 11.1 Å². The summed E-state index contributed by atoms with van der Waals surface area (Å²) in [6, 6.07) is 6.85. The molecule has 2 nitrogen and oxygen atoms in total. The Bertz CT molecular complexity index is 573. The maximum absolute atomic E-state index is 13.5. The first-order valence-corrected chi connectivity index (χ1v) is 4.73. The van der Waals surface area contributed by atoms with Crippen molar-refractivity contribution in [2.24, 2.45) is 0 Å². The minimum absolute atomic E-state index is 0.182. The molecule has 1 aromatic carbocycles. The lowest BCUT2D eigenvalue weighted by Crippen LogP contribution is -2.13. The summed E-state index contributed by atoms with van der Waals surface area (Å²) in [6.45, 7) is 1.66. The molecule has 2 rings (SSSR count). The van der Waals surface area contributed by atoms with Gasteiger partial charge < -0.3 is 4.98 Å². The third-order valence-corrected chi connectivity index (χ3v) is 2.26. The smallest absolute Gasteiger partial charge is 0.284 e. The van der Waals surface area contributed by atoms with Crippen molar-refractivity contribution in [2.45, 2.75) is 6.92 Å². The minimum atomic E-state index is -0.850. The fraction of sp³-hybridized carbons (Fsp3) is 0.0833. The molecule has 2 aromatic rings. The van der Waals surface area contributed by atoms with E-state index in [1.165, 1.54) is 30.3 Å². The topological polar surface area (TPSA) is 32.9 Å². The molecule has 0 aliphatic rings. The highest BCUT2D eigenvalue weighted by Gasteiger charge is 2.09. The largest absolute Gasteiger partial charge is 0.324 e. The standard InChI is InChI=1S/C12H9F2NO/c1-7-6-10(11(14)12(16)15-7)8-2-4-9(13)5-3-8/h2-6H,1H3,(H,15,16). The van der Waals surface area contributed by atoms with Crippen LogP contribution in [-0.4, -0.2) is 4.98 Å². The summed E-state index contributed by atoms with van der Waals surface area (Å²) in [5, 5.41) is 0. The number of H-pyrrole nitrogens is 1. The maximum atomic E-state index is 13.5. The lowest BCUT2D eigenvalue weighted by atomic mass is 10.1. The molecule has 0 unspecified atom stereocenters. The molecule has 1 N–H and O–H groups in total. The van der Waals surface area contributed by atoms with E-state index in [4.69, 9.17) is 0 Å². The van der Waals surface area contributed by atoms with Crippen LogP contribution in [0.3, 0.4) is 0 Å². The van der Waals surface area contributed by atoms with E-state index in [0.717, 1.165) is 0 Å². The number of hydrogen-bond acceptors (Lipinski definition) is 1. The summed E-state index contributed by atoms with van der Waals surface area (Å²) < 4.78 is 26.2. The number of benzene rings is 1. The van der Waals surface area contributed by atoms with Gasteiger partial charge in [-0.05, 0) is 30.7 Å². The van der Waals surface area contributed by atoms with E-state index < -0.39 is 17.2 Å². The number of halogens is 2. The quantitative estimate of drug-likeness (QED) is 0.788. The van der Waals surface area contributed by atoms with Crippen molar-refractivity contribution >= 4 is 0 Å². The summed E-state index contributed by atoms with van der Waals surface area (Å²) in [5.74, 6) is -1.25. The lowest BCUT2D eigenvalue weighted by molar-refractivity contribution is 0.610. The fourth-order valence-electron chi connectivity index (χ4n) is 1.51. The second kappa shape index (κ2) is 3.89. The predicted molar refractivity (Wildman–Crippen MR) is 57.2 cm³/mol. The van der Waals surface area contributed by atoms with Gasteiger partial charge in [-0.3, -0.25) is 4.79 Å². The molecular formula is C12H9F2NO. The van der Waals surface area contributed by atoms with Crippen molar-refractivity contribution in [3.63, 3.8) is 0 Å². The van der Waals surface area contributed by atoms with Crippen molar-refractivity contribution < 1.29 is 8.78 Å². The Morgan fingerprint density at radius 3 is 2.38 bits per heavy atom. The zero-order chi connectivity index (χ0) is 11.7. The Labute approximate surface area is 90.6 Å². The van der Waals surface area contributed by atoms with Gasteiger partial charge in [-0.15, -0.1) is 0 Å². The van der Waals surface area contributed by atoms with Gasteiger partial charge in [-0.25, -0.2) is 8.78 Å². The highest BCUT2D eigenvalue weighted by Crippen LogP contribution is 2.21. The van der Waals surface area contributed by atoms with Gasteiger partial charge in [0.15, 0.2) is 5.82 Å². The van der Waals surface area contributed by atoms with Crippen molar-refractivity contribution in [2.75, 3.05) is 0 Å². The van der Waals surface area contributed by atoms with Crippen LogP contribution in [0.25, 0.3) is 11.1 Å². The maximum Gasteiger partial charge on any atom is 0.284 e. The van der Waals surface area contributed by atoms with Crippen molar-refractivity contribution in [1.29, 1.82) is 0 Å². The van der Waals surface area contributed by atoms with Crippen LogP contribution in [0.5, 0.6) is 0 Å². The summed E-state index contributed by atoms with van der Waals surface area (Å²) in [5.41, 5.74) is 0.458. The molecule has 0 atom stereocenters. The number of aryl methyl sites for hydroxylation is 1. The second-order valence-corrected chi connectivity index (χ2v) is 3.52. The summed E-state index contributed by atoms with van der Waals surface area (Å²) >= 11 is 0. The average Bonchev–Trinajstić information content (AvgIpc) is 2.25. The van der Waals surface area contributed by atoms with Crippen LogP contribution < -0.4 is 5.56 Å². The van der Waals surface area contributed by atoms with Gasteiger partial charge in [0.1, 0.15) is 5.82 Å². The van der Waals surface area contributed by atoms with Crippen LogP contribution in [-0.2, 0) is 0 Å². The zero-order valence-electron chi connectivity index (χ0n) is 8.55. The average molecular weight is 221 g/mol. The number of rotatable bonds is 1. The Kier molecular flexibility index (Phi) is 2.56. The minimum Gasteiger partial charge on any atom is -0.324 e. The van der Waals surface area contributed by atoms with Gasteiger partial charge in [0.05, 0.1) is 0 Å². The van der Waals surface area contributed by atoms with E-state index in [-0.39, 0.29) is 5.56 Å². The normalized spacial score (nSPS) is 10.4. The second-order valence-electron chi connectivity index (χ2n) is 3.52. The number of hydrogen-bond donors (Lipinski definition) is 1. The fourth-order valence-corrected chi connectivity index (χ4v) is 1.51. The summed E-state index contributed by atoms with van der Waals surface area (Å²) in [4.78, 5) is 13.6. The first kappa shape index (κ1) is 10.5. The SMILES string of the molecule is Cc1cc(-c2ccc(F)cc2)c(F)c(=O)[nH]1. The van der Waals surface area contributed by atoms with Gasteiger partial charge in [-0.2, -0.15) is 0 Å². The molecule has 0 radical (unpaired) electrons. The molecule has 0 amide bonds. The predicted octanol–water partition coefficient (Wildman–Crippen LogP) is 2.63. The van der Waals surface area contributed by atoms with E-state index in [2.05, 4.69) is 4.98 Å². The first-order chi connectivity index (χ1) is 7.58. The van der Waals surface area contributed by atoms with E-state index in [1.807, 2.05) is 0 Å². The highest BCUT2D eigenvalue weighted by molar-refractivity contribution is 5.63. The van der Waals surface area contributed by atoms with Crippen LogP contribution in [0, 0.1) is 18.6 Å². The van der Waals surface area contributed by atoms with E-state index in [9.17, 15) is 13.6 Å². The number of pyridine rings is 1. The molecule has 1 heterocycles. The van der Waals surface area contributed by atoms with Gasteiger partial charge in [0, 0.05) is 11.3 Å². The summed E-state index contributed by atoms with van der Waals surface area (Å²) in [6.07, 6.45) is 0. The molecule has 0 spiro atoms. The van der Waals surface area contributed by atoms with E-state index in [0.29, 0.717) is 11.3 Å². The van der Waals surface area contributed by atoms with Crippen LogP contribution >= 0.6 is 0 Å². The van der Waals surface area contributed by atoms with Gasteiger partial charge in [-0.1, -0.05) is 12.1 Å². The molecular weight excluding hydrogens is 212 g/mol. The molecule has 0 bridgehead atoms. The highest BCUT2D eigenvalue weighted by atomic mass is 19.1. The van der Waals surface area contributed by atoms with E-state index >= 15 is 0 Å². The van der Waals surface area contributed by atoms with Gasteiger partial charge in [0.2, 0.25) is 0 Å².